The maximum absolute atomic E-state index is 13.0. The van der Waals surface area contributed by atoms with E-state index in [0.29, 0.717) is 0 Å². The summed E-state index contributed by atoms with van der Waals surface area (Å²) in [6, 6.07) is 6.61. The summed E-state index contributed by atoms with van der Waals surface area (Å²) < 4.78 is 17.9. The van der Waals surface area contributed by atoms with E-state index in [2.05, 4.69) is 5.32 Å². The van der Waals surface area contributed by atoms with E-state index in [1.54, 1.807) is 0 Å². The Balaban J connectivity index is 2.19. The van der Waals surface area contributed by atoms with Crippen molar-refractivity contribution in [1.82, 2.24) is 5.32 Å². The van der Waals surface area contributed by atoms with Gasteiger partial charge in [0.25, 0.3) is 5.91 Å². The van der Waals surface area contributed by atoms with Crippen molar-refractivity contribution in [3.63, 3.8) is 0 Å². The van der Waals surface area contributed by atoms with Crippen molar-refractivity contribution in [3.05, 3.63) is 59.8 Å². The van der Waals surface area contributed by atoms with Gasteiger partial charge in [-0.3, -0.25) is 4.79 Å². The molecule has 1 heterocycles. The van der Waals surface area contributed by atoms with Gasteiger partial charge in [-0.25, -0.2) is 9.18 Å². The summed E-state index contributed by atoms with van der Waals surface area (Å²) in [6.45, 7) is 0. The number of halogens is 1. The van der Waals surface area contributed by atoms with Crippen LogP contribution in [0, 0.1) is 5.82 Å². The van der Waals surface area contributed by atoms with Crippen molar-refractivity contribution < 1.29 is 23.5 Å². The van der Waals surface area contributed by atoms with Crippen LogP contribution in [-0.4, -0.2) is 17.0 Å². The Morgan fingerprint density at radius 3 is 2.63 bits per heavy atom. The monoisotopic (exact) mass is 263 g/mol. The molecule has 0 radical (unpaired) electrons. The second-order valence-electron chi connectivity index (χ2n) is 3.77. The van der Waals surface area contributed by atoms with E-state index >= 15 is 0 Å². The third-order valence-electron chi connectivity index (χ3n) is 2.44. The molecule has 2 N–H and O–H groups in total. The number of nitrogens with one attached hydrogen (secondary N) is 1. The minimum atomic E-state index is -1.31. The van der Waals surface area contributed by atoms with Crippen LogP contribution in [0.15, 0.2) is 47.1 Å². The van der Waals surface area contributed by atoms with E-state index in [9.17, 15) is 14.0 Å². The molecule has 1 aromatic heterocycles. The van der Waals surface area contributed by atoms with Crippen LogP contribution in [0.3, 0.4) is 0 Å². The van der Waals surface area contributed by atoms with Gasteiger partial charge in [-0.05, 0) is 30.3 Å². The molecule has 0 aliphatic carbocycles. The predicted octanol–water partition coefficient (Wildman–Crippen LogP) is 1.97. The molecule has 1 atom stereocenters. The standard InChI is InChI=1S/C13H10FNO4/c14-9-4-1-3-8(7-9)12(16)15-11(13(17)18)10-5-2-6-19-10/h1-7,11H,(H,15,16)(H,17,18). The van der Waals surface area contributed by atoms with E-state index in [1.807, 2.05) is 0 Å². The number of rotatable bonds is 4. The number of carboxylic acids is 1. The summed E-state index contributed by atoms with van der Waals surface area (Å²) in [6.07, 6.45) is 1.31. The molecule has 0 spiro atoms. The molecular formula is C13H10FNO4. The number of amides is 1. The fourth-order valence-corrected chi connectivity index (χ4v) is 1.55. The first kappa shape index (κ1) is 12.8. The van der Waals surface area contributed by atoms with E-state index < -0.39 is 23.7 Å². The highest BCUT2D eigenvalue weighted by molar-refractivity contribution is 5.96. The van der Waals surface area contributed by atoms with Gasteiger partial charge in [0, 0.05) is 5.56 Å². The molecule has 0 saturated carbocycles. The van der Waals surface area contributed by atoms with Crippen molar-refractivity contribution in [1.29, 1.82) is 0 Å². The fraction of sp³-hybridized carbons (Fsp3) is 0.0769. The van der Waals surface area contributed by atoms with E-state index in [4.69, 9.17) is 9.52 Å². The normalized spacial score (nSPS) is 11.8. The Morgan fingerprint density at radius 1 is 1.26 bits per heavy atom. The van der Waals surface area contributed by atoms with Gasteiger partial charge in [0.2, 0.25) is 0 Å². The van der Waals surface area contributed by atoms with Gasteiger partial charge >= 0.3 is 5.97 Å². The molecule has 1 amide bonds. The highest BCUT2D eigenvalue weighted by Crippen LogP contribution is 2.15. The second kappa shape index (κ2) is 5.34. The van der Waals surface area contributed by atoms with Crippen molar-refractivity contribution in [2.24, 2.45) is 0 Å². The third kappa shape index (κ3) is 2.98. The summed E-state index contributed by atoms with van der Waals surface area (Å²) in [5.74, 6) is -2.43. The Kier molecular flexibility index (Phi) is 3.61. The molecule has 1 unspecified atom stereocenters. The maximum Gasteiger partial charge on any atom is 0.334 e. The van der Waals surface area contributed by atoms with Gasteiger partial charge in [-0.15, -0.1) is 0 Å². The van der Waals surface area contributed by atoms with Gasteiger partial charge in [0.15, 0.2) is 6.04 Å². The highest BCUT2D eigenvalue weighted by atomic mass is 19.1. The van der Waals surface area contributed by atoms with E-state index in [-0.39, 0.29) is 11.3 Å². The molecule has 0 bridgehead atoms. The van der Waals surface area contributed by atoms with Gasteiger partial charge < -0.3 is 14.8 Å². The molecule has 2 aromatic rings. The molecule has 0 fully saturated rings. The van der Waals surface area contributed by atoms with Gasteiger partial charge in [-0.1, -0.05) is 6.07 Å². The number of benzene rings is 1. The Labute approximate surface area is 107 Å². The minimum Gasteiger partial charge on any atom is -0.479 e. The van der Waals surface area contributed by atoms with Gasteiger partial charge in [-0.2, -0.15) is 0 Å². The zero-order chi connectivity index (χ0) is 13.8. The van der Waals surface area contributed by atoms with Crippen LogP contribution in [-0.2, 0) is 4.79 Å². The van der Waals surface area contributed by atoms with Gasteiger partial charge in [0.1, 0.15) is 11.6 Å². The first-order chi connectivity index (χ1) is 9.08. The van der Waals surface area contributed by atoms with E-state index in [0.717, 1.165) is 6.07 Å². The summed E-state index contributed by atoms with van der Waals surface area (Å²) in [5, 5.41) is 11.3. The summed E-state index contributed by atoms with van der Waals surface area (Å²) in [5.41, 5.74) is 0.0396. The number of furan rings is 1. The summed E-state index contributed by atoms with van der Waals surface area (Å²) in [4.78, 5) is 22.9. The SMILES string of the molecule is O=C(NC(C(=O)O)c1ccco1)c1cccc(F)c1. The lowest BCUT2D eigenvalue weighted by atomic mass is 10.1. The smallest absolute Gasteiger partial charge is 0.334 e. The Hall–Kier alpha value is -2.63. The van der Waals surface area contributed by atoms with Crippen molar-refractivity contribution >= 4 is 11.9 Å². The Bertz CT molecular complexity index is 594. The summed E-state index contributed by atoms with van der Waals surface area (Å²) in [7, 11) is 0. The first-order valence-electron chi connectivity index (χ1n) is 5.40. The Morgan fingerprint density at radius 2 is 2.05 bits per heavy atom. The number of aliphatic carboxylic acids is 1. The molecule has 19 heavy (non-hydrogen) atoms. The highest BCUT2D eigenvalue weighted by Gasteiger charge is 2.25. The van der Waals surface area contributed by atoms with Crippen molar-refractivity contribution in [2.75, 3.05) is 0 Å². The largest absolute Gasteiger partial charge is 0.479 e. The van der Waals surface area contributed by atoms with Crippen LogP contribution in [0.4, 0.5) is 4.39 Å². The molecule has 98 valence electrons. The molecule has 6 heteroatoms. The van der Waals surface area contributed by atoms with Crippen LogP contribution < -0.4 is 5.32 Å². The number of hydrogen-bond acceptors (Lipinski definition) is 3. The minimum absolute atomic E-state index is 0.0396. The molecule has 1 aromatic carbocycles. The average molecular weight is 263 g/mol. The van der Waals surface area contributed by atoms with Crippen LogP contribution in [0.2, 0.25) is 0 Å². The average Bonchev–Trinajstić information content (AvgIpc) is 2.88. The quantitative estimate of drug-likeness (QED) is 0.883. The number of carbonyl (C=O) groups is 2. The number of carbonyl (C=O) groups excluding carboxylic acids is 1. The lowest BCUT2D eigenvalue weighted by Crippen LogP contribution is -2.33. The maximum atomic E-state index is 13.0. The van der Waals surface area contributed by atoms with Crippen LogP contribution in [0.5, 0.6) is 0 Å². The van der Waals surface area contributed by atoms with Crippen LogP contribution in [0.1, 0.15) is 22.2 Å². The first-order valence-corrected chi connectivity index (χ1v) is 5.40. The number of carboxylic acid groups (broad SMARTS) is 1. The fourth-order valence-electron chi connectivity index (χ4n) is 1.55. The summed E-state index contributed by atoms with van der Waals surface area (Å²) >= 11 is 0. The number of hydrogen-bond donors (Lipinski definition) is 2. The van der Waals surface area contributed by atoms with Crippen molar-refractivity contribution in [3.8, 4) is 0 Å². The predicted molar refractivity (Wildman–Crippen MR) is 63.0 cm³/mol. The third-order valence-corrected chi connectivity index (χ3v) is 2.44. The van der Waals surface area contributed by atoms with Crippen LogP contribution >= 0.6 is 0 Å². The second-order valence-corrected chi connectivity index (χ2v) is 3.77. The zero-order valence-corrected chi connectivity index (χ0v) is 9.67. The topological polar surface area (TPSA) is 79.5 Å². The van der Waals surface area contributed by atoms with Gasteiger partial charge in [0.05, 0.1) is 6.26 Å². The van der Waals surface area contributed by atoms with Crippen LogP contribution in [0.25, 0.3) is 0 Å². The molecule has 5 nitrogen and oxygen atoms in total. The van der Waals surface area contributed by atoms with Crippen molar-refractivity contribution in [2.45, 2.75) is 6.04 Å². The molecule has 0 aliphatic rings. The molecule has 0 aliphatic heterocycles. The molecule has 2 rings (SSSR count). The molecule has 0 saturated heterocycles. The zero-order valence-electron chi connectivity index (χ0n) is 9.67. The molecular weight excluding hydrogens is 253 g/mol. The lowest BCUT2D eigenvalue weighted by molar-refractivity contribution is -0.139. The van der Waals surface area contributed by atoms with E-state index in [1.165, 1.54) is 36.6 Å². The lowest BCUT2D eigenvalue weighted by Gasteiger charge is -2.12.